The molecule has 0 aromatic carbocycles. The third kappa shape index (κ3) is 4.61. The molecule has 2 rings (SSSR count). The van der Waals surface area contributed by atoms with Gasteiger partial charge in [-0.3, -0.25) is 4.98 Å². The second-order valence-corrected chi connectivity index (χ2v) is 4.81. The first-order valence-electron chi connectivity index (χ1n) is 5.86. The maximum absolute atomic E-state index is 5.71. The van der Waals surface area contributed by atoms with Gasteiger partial charge < -0.3 is 5.32 Å². The molecule has 100 valence electrons. The van der Waals surface area contributed by atoms with Crippen LogP contribution in [-0.2, 0) is 6.42 Å². The van der Waals surface area contributed by atoms with E-state index in [0.29, 0.717) is 5.95 Å². The summed E-state index contributed by atoms with van der Waals surface area (Å²) in [6.45, 7) is 2.05. The zero-order valence-electron chi connectivity index (χ0n) is 10.3. The van der Waals surface area contributed by atoms with Crippen molar-refractivity contribution in [2.45, 2.75) is 25.8 Å². The van der Waals surface area contributed by atoms with Gasteiger partial charge in [0, 0.05) is 18.4 Å². The second-order valence-electron chi connectivity index (χ2n) is 4.14. The van der Waals surface area contributed by atoms with Gasteiger partial charge in [0.1, 0.15) is 0 Å². The van der Waals surface area contributed by atoms with Crippen LogP contribution in [0.3, 0.4) is 0 Å². The molecule has 0 aliphatic heterocycles. The van der Waals surface area contributed by atoms with Crippen LogP contribution >= 0.6 is 23.2 Å². The minimum atomic E-state index is 0.0869. The smallest absolute Gasteiger partial charge is 0.228 e. The van der Waals surface area contributed by atoms with Crippen molar-refractivity contribution < 1.29 is 0 Å². The fraction of sp³-hybridized carbons (Fsp3) is 0.333. The molecule has 0 saturated heterocycles. The number of aryl methyl sites for hydroxylation is 1. The first-order chi connectivity index (χ1) is 9.13. The predicted molar refractivity (Wildman–Crippen MR) is 75.5 cm³/mol. The largest absolute Gasteiger partial charge is 0.352 e. The Hall–Kier alpha value is -1.46. The topological polar surface area (TPSA) is 63.6 Å². The quantitative estimate of drug-likeness (QED) is 0.919. The number of nitrogens with zero attached hydrogens (tertiary/aromatic N) is 4. The summed E-state index contributed by atoms with van der Waals surface area (Å²) in [5.74, 6) is 0.396. The molecule has 0 radical (unpaired) electrons. The van der Waals surface area contributed by atoms with Crippen molar-refractivity contribution in [2.24, 2.45) is 0 Å². The lowest BCUT2D eigenvalue weighted by atomic mass is 10.1. The highest BCUT2D eigenvalue weighted by atomic mass is 35.5. The summed E-state index contributed by atoms with van der Waals surface area (Å²) in [7, 11) is 0. The van der Waals surface area contributed by atoms with Crippen LogP contribution in [0.15, 0.2) is 24.5 Å². The van der Waals surface area contributed by atoms with E-state index in [2.05, 4.69) is 25.3 Å². The molecule has 2 aromatic heterocycles. The molecule has 2 aromatic rings. The second kappa shape index (κ2) is 6.63. The minimum Gasteiger partial charge on any atom is -0.352 e. The average molecular weight is 298 g/mol. The maximum atomic E-state index is 5.71. The molecule has 0 fully saturated rings. The minimum absolute atomic E-state index is 0.0869. The number of hydrogen-bond donors (Lipinski definition) is 1. The lowest BCUT2D eigenvalue weighted by Gasteiger charge is -2.13. The molecule has 0 aliphatic rings. The van der Waals surface area contributed by atoms with Gasteiger partial charge in [-0.15, -0.1) is 0 Å². The van der Waals surface area contributed by atoms with Crippen molar-refractivity contribution in [1.82, 2.24) is 19.9 Å². The third-order valence-electron chi connectivity index (χ3n) is 2.57. The summed E-state index contributed by atoms with van der Waals surface area (Å²) in [5.41, 5.74) is 1.25. The van der Waals surface area contributed by atoms with E-state index in [4.69, 9.17) is 23.2 Å². The van der Waals surface area contributed by atoms with Gasteiger partial charge in [0.25, 0.3) is 0 Å². The Kier molecular flexibility index (Phi) is 4.87. The Balaban J connectivity index is 1.89. The van der Waals surface area contributed by atoms with Gasteiger partial charge in [-0.1, -0.05) is 0 Å². The number of nitrogens with one attached hydrogen (secondary N) is 1. The summed E-state index contributed by atoms with van der Waals surface area (Å²) in [6.07, 6.45) is 5.46. The summed E-state index contributed by atoms with van der Waals surface area (Å²) in [5, 5.41) is 3.32. The molecule has 1 atom stereocenters. The number of hydrogen-bond acceptors (Lipinski definition) is 5. The lowest BCUT2D eigenvalue weighted by molar-refractivity contribution is 0.697. The normalized spacial score (nSPS) is 12.2. The van der Waals surface area contributed by atoms with E-state index in [1.54, 1.807) is 12.4 Å². The Morgan fingerprint density at radius 2 is 1.74 bits per heavy atom. The summed E-state index contributed by atoms with van der Waals surface area (Å²) in [4.78, 5) is 15.6. The fourth-order valence-corrected chi connectivity index (χ4v) is 1.98. The van der Waals surface area contributed by atoms with Gasteiger partial charge in [-0.25, -0.2) is 0 Å². The molecule has 0 spiro atoms. The lowest BCUT2D eigenvalue weighted by Crippen LogP contribution is -2.18. The zero-order chi connectivity index (χ0) is 13.7. The highest BCUT2D eigenvalue weighted by Gasteiger charge is 2.07. The fourth-order valence-electron chi connectivity index (χ4n) is 1.62. The van der Waals surface area contributed by atoms with Crippen LogP contribution < -0.4 is 5.32 Å². The van der Waals surface area contributed by atoms with E-state index in [0.717, 1.165) is 12.8 Å². The number of pyridine rings is 1. The van der Waals surface area contributed by atoms with Crippen molar-refractivity contribution in [3.05, 3.63) is 40.7 Å². The van der Waals surface area contributed by atoms with Gasteiger partial charge in [-0.05, 0) is 60.7 Å². The van der Waals surface area contributed by atoms with E-state index in [1.165, 1.54) is 5.56 Å². The molecule has 7 heteroatoms. The Bertz CT molecular complexity index is 515. The van der Waals surface area contributed by atoms with Gasteiger partial charge in [-0.2, -0.15) is 15.0 Å². The molecule has 2 heterocycles. The van der Waals surface area contributed by atoms with Crippen molar-refractivity contribution >= 4 is 29.2 Å². The number of anilines is 1. The highest BCUT2D eigenvalue weighted by molar-refractivity contribution is 6.31. The summed E-state index contributed by atoms with van der Waals surface area (Å²) < 4.78 is 0. The van der Waals surface area contributed by atoms with E-state index < -0.39 is 0 Å². The third-order valence-corrected chi connectivity index (χ3v) is 2.91. The van der Waals surface area contributed by atoms with E-state index >= 15 is 0 Å². The Morgan fingerprint density at radius 1 is 1.11 bits per heavy atom. The maximum Gasteiger partial charge on any atom is 0.228 e. The predicted octanol–water partition coefficient (Wildman–Crippen LogP) is 3.01. The Labute approximate surface area is 121 Å². The van der Waals surface area contributed by atoms with Crippen LogP contribution in [-0.4, -0.2) is 26.0 Å². The number of rotatable bonds is 5. The van der Waals surface area contributed by atoms with Crippen LogP contribution in [0.4, 0.5) is 5.95 Å². The molecule has 0 saturated carbocycles. The van der Waals surface area contributed by atoms with Gasteiger partial charge in [0.15, 0.2) is 0 Å². The first kappa shape index (κ1) is 14.0. The van der Waals surface area contributed by atoms with Crippen LogP contribution in [0.25, 0.3) is 0 Å². The van der Waals surface area contributed by atoms with Crippen molar-refractivity contribution in [2.75, 3.05) is 5.32 Å². The highest BCUT2D eigenvalue weighted by Crippen LogP contribution is 2.12. The molecule has 19 heavy (non-hydrogen) atoms. The van der Waals surface area contributed by atoms with Crippen LogP contribution in [0, 0.1) is 0 Å². The van der Waals surface area contributed by atoms with E-state index in [9.17, 15) is 0 Å². The standard InChI is InChI=1S/C12H13Cl2N5/c1-8(2-3-9-4-6-15-7-5-9)16-12-18-10(13)17-11(14)19-12/h4-8H,2-3H2,1H3,(H,16,17,18,19). The molecule has 1 unspecified atom stereocenters. The summed E-state index contributed by atoms with van der Waals surface area (Å²) >= 11 is 11.4. The molecule has 0 amide bonds. The van der Waals surface area contributed by atoms with Crippen molar-refractivity contribution in [3.8, 4) is 0 Å². The average Bonchev–Trinajstić information content (AvgIpc) is 2.36. The molecule has 0 aliphatic carbocycles. The molecule has 0 bridgehead atoms. The SMILES string of the molecule is CC(CCc1ccncc1)Nc1nc(Cl)nc(Cl)n1. The van der Waals surface area contributed by atoms with Gasteiger partial charge in [0.2, 0.25) is 16.5 Å². The summed E-state index contributed by atoms with van der Waals surface area (Å²) in [6, 6.07) is 4.20. The van der Waals surface area contributed by atoms with Gasteiger partial charge >= 0.3 is 0 Å². The van der Waals surface area contributed by atoms with Crippen LogP contribution in [0.1, 0.15) is 18.9 Å². The monoisotopic (exact) mass is 297 g/mol. The number of halogens is 2. The molecular formula is C12H13Cl2N5. The van der Waals surface area contributed by atoms with Crippen molar-refractivity contribution in [3.63, 3.8) is 0 Å². The molecular weight excluding hydrogens is 285 g/mol. The van der Waals surface area contributed by atoms with Crippen LogP contribution in [0.2, 0.25) is 10.6 Å². The molecule has 5 nitrogen and oxygen atoms in total. The van der Waals surface area contributed by atoms with Crippen molar-refractivity contribution in [1.29, 1.82) is 0 Å². The number of aromatic nitrogens is 4. The zero-order valence-corrected chi connectivity index (χ0v) is 11.9. The van der Waals surface area contributed by atoms with Crippen LogP contribution in [0.5, 0.6) is 0 Å². The first-order valence-corrected chi connectivity index (χ1v) is 6.61. The van der Waals surface area contributed by atoms with E-state index in [1.807, 2.05) is 19.1 Å². The van der Waals surface area contributed by atoms with Gasteiger partial charge in [0.05, 0.1) is 0 Å². The van der Waals surface area contributed by atoms with E-state index in [-0.39, 0.29) is 16.6 Å². The molecule has 1 N–H and O–H groups in total. The Morgan fingerprint density at radius 3 is 2.37 bits per heavy atom.